The normalized spacial score (nSPS) is 25.7. The molecular formula is C14H24N2O4. The average Bonchev–Trinajstić information content (AvgIpc) is 2.65. The zero-order valence-electron chi connectivity index (χ0n) is 12.5. The van der Waals surface area contributed by atoms with E-state index in [4.69, 9.17) is 15.2 Å². The highest BCUT2D eigenvalue weighted by Gasteiger charge is 2.50. The molecule has 1 spiro atoms. The fourth-order valence-electron chi connectivity index (χ4n) is 2.82. The molecule has 2 fully saturated rings. The van der Waals surface area contributed by atoms with Crippen molar-refractivity contribution in [2.24, 2.45) is 11.1 Å². The lowest BCUT2D eigenvalue weighted by Gasteiger charge is -2.37. The fraction of sp³-hybridized carbons (Fsp3) is 0.857. The van der Waals surface area contributed by atoms with E-state index in [1.54, 1.807) is 4.90 Å². The van der Waals surface area contributed by atoms with E-state index in [1.165, 1.54) is 0 Å². The van der Waals surface area contributed by atoms with Crippen LogP contribution in [0.25, 0.3) is 0 Å². The molecule has 1 unspecified atom stereocenters. The van der Waals surface area contributed by atoms with Gasteiger partial charge in [-0.1, -0.05) is 0 Å². The Balaban J connectivity index is 1.93. The molecule has 2 rings (SSSR count). The highest BCUT2D eigenvalue weighted by Crippen LogP contribution is 2.42. The van der Waals surface area contributed by atoms with Gasteiger partial charge in [0.2, 0.25) is 0 Å². The predicted molar refractivity (Wildman–Crippen MR) is 73.0 cm³/mol. The first-order valence-corrected chi connectivity index (χ1v) is 7.15. The molecule has 0 aliphatic carbocycles. The first-order chi connectivity index (χ1) is 9.26. The molecule has 2 saturated heterocycles. The Hall–Kier alpha value is -1.30. The minimum atomic E-state index is -0.497. The van der Waals surface area contributed by atoms with Gasteiger partial charge in [0.05, 0.1) is 5.41 Å². The van der Waals surface area contributed by atoms with Gasteiger partial charge in [-0.3, -0.25) is 4.79 Å². The summed E-state index contributed by atoms with van der Waals surface area (Å²) < 4.78 is 10.6. The number of amides is 1. The minimum Gasteiger partial charge on any atom is -0.461 e. The summed E-state index contributed by atoms with van der Waals surface area (Å²) in [5.74, 6) is -0.156. The molecule has 0 bridgehead atoms. The first kappa shape index (κ1) is 15.1. The van der Waals surface area contributed by atoms with Crippen LogP contribution in [0.5, 0.6) is 0 Å². The molecule has 6 nitrogen and oxygen atoms in total. The molecule has 0 aromatic heterocycles. The van der Waals surface area contributed by atoms with E-state index in [0.29, 0.717) is 38.9 Å². The van der Waals surface area contributed by atoms with Gasteiger partial charge in [0.15, 0.2) is 0 Å². The number of hydrogen-bond donors (Lipinski definition) is 1. The second kappa shape index (κ2) is 5.24. The Morgan fingerprint density at radius 1 is 1.45 bits per heavy atom. The van der Waals surface area contributed by atoms with Crippen LogP contribution in [0.1, 0.15) is 40.0 Å². The van der Waals surface area contributed by atoms with Crippen molar-refractivity contribution in [1.82, 2.24) is 4.90 Å². The van der Waals surface area contributed by atoms with Crippen LogP contribution in [0, 0.1) is 5.41 Å². The maximum atomic E-state index is 12.0. The van der Waals surface area contributed by atoms with Gasteiger partial charge < -0.3 is 20.1 Å². The zero-order chi connectivity index (χ0) is 15.0. The summed E-state index contributed by atoms with van der Waals surface area (Å²) in [6, 6.07) is 0. The molecule has 2 heterocycles. The number of hydrogen-bond acceptors (Lipinski definition) is 5. The van der Waals surface area contributed by atoms with Crippen LogP contribution in [0.2, 0.25) is 0 Å². The maximum Gasteiger partial charge on any atom is 0.410 e. The topological polar surface area (TPSA) is 81.9 Å². The molecule has 0 radical (unpaired) electrons. The maximum absolute atomic E-state index is 12.0. The summed E-state index contributed by atoms with van der Waals surface area (Å²) in [5.41, 5.74) is 4.63. The zero-order valence-corrected chi connectivity index (χ0v) is 12.5. The predicted octanol–water partition coefficient (Wildman–Crippen LogP) is 1.28. The Morgan fingerprint density at radius 2 is 2.05 bits per heavy atom. The van der Waals surface area contributed by atoms with Gasteiger partial charge in [-0.05, 0) is 33.6 Å². The first-order valence-electron chi connectivity index (χ1n) is 7.15. The molecule has 2 aliphatic heterocycles. The molecule has 6 heteroatoms. The van der Waals surface area contributed by atoms with Crippen LogP contribution in [0.3, 0.4) is 0 Å². The molecule has 2 N–H and O–H groups in total. The van der Waals surface area contributed by atoms with Gasteiger partial charge in [0, 0.05) is 26.1 Å². The van der Waals surface area contributed by atoms with Gasteiger partial charge in [-0.25, -0.2) is 4.79 Å². The Kier molecular flexibility index (Phi) is 3.95. The van der Waals surface area contributed by atoms with Gasteiger partial charge >= 0.3 is 12.1 Å². The number of ether oxygens (including phenoxy) is 2. The lowest BCUT2D eigenvalue weighted by atomic mass is 9.76. The third kappa shape index (κ3) is 3.06. The summed E-state index contributed by atoms with van der Waals surface area (Å²) in [7, 11) is 0. The van der Waals surface area contributed by atoms with Crippen LogP contribution < -0.4 is 5.73 Å². The minimum absolute atomic E-state index is 0.156. The van der Waals surface area contributed by atoms with Crippen LogP contribution >= 0.6 is 0 Å². The van der Waals surface area contributed by atoms with Crippen LogP contribution in [-0.4, -0.2) is 48.3 Å². The Bertz CT molecular complexity index is 394. The third-order valence-electron chi connectivity index (χ3n) is 3.96. The smallest absolute Gasteiger partial charge is 0.410 e. The largest absolute Gasteiger partial charge is 0.461 e. The highest BCUT2D eigenvalue weighted by molar-refractivity contribution is 5.79. The van der Waals surface area contributed by atoms with Gasteiger partial charge in [0.25, 0.3) is 0 Å². The number of nitrogens with zero attached hydrogens (tertiary/aromatic N) is 1. The summed E-state index contributed by atoms with van der Waals surface area (Å²) >= 11 is 0. The van der Waals surface area contributed by atoms with Crippen LogP contribution in [0.4, 0.5) is 4.79 Å². The number of esters is 1. The summed E-state index contributed by atoms with van der Waals surface area (Å²) in [4.78, 5) is 25.7. The Labute approximate surface area is 119 Å². The van der Waals surface area contributed by atoms with Crippen molar-refractivity contribution in [1.29, 1.82) is 0 Å². The van der Waals surface area contributed by atoms with E-state index in [-0.39, 0.29) is 18.2 Å². The standard InChI is InChI=1S/C14H24N2O4/c1-13(2,3)20-12(18)16-6-4-14(5-7-16)8-10(9-15)19-11(14)17/h10H,4-9,15H2,1-3H3. The summed E-state index contributed by atoms with van der Waals surface area (Å²) in [5, 5.41) is 0. The van der Waals surface area contributed by atoms with Crippen LogP contribution in [0.15, 0.2) is 0 Å². The van der Waals surface area contributed by atoms with Crippen molar-refractivity contribution >= 4 is 12.1 Å². The lowest BCUT2D eigenvalue weighted by molar-refractivity contribution is -0.150. The van der Waals surface area contributed by atoms with E-state index in [9.17, 15) is 9.59 Å². The van der Waals surface area contributed by atoms with Crippen molar-refractivity contribution in [2.75, 3.05) is 19.6 Å². The second-order valence-electron chi connectivity index (χ2n) is 6.71. The number of nitrogens with two attached hydrogens (primary N) is 1. The van der Waals surface area contributed by atoms with Crippen molar-refractivity contribution in [3.63, 3.8) is 0 Å². The molecular weight excluding hydrogens is 260 g/mol. The molecule has 0 saturated carbocycles. The molecule has 1 atom stereocenters. The molecule has 1 amide bonds. The number of likely N-dealkylation sites (tertiary alicyclic amines) is 1. The van der Waals surface area contributed by atoms with Crippen molar-refractivity contribution in [3.8, 4) is 0 Å². The molecule has 0 aromatic carbocycles. The van der Waals surface area contributed by atoms with Crippen molar-refractivity contribution < 1.29 is 19.1 Å². The number of carbonyl (C=O) groups is 2. The molecule has 20 heavy (non-hydrogen) atoms. The number of rotatable bonds is 1. The van der Waals surface area contributed by atoms with E-state index in [2.05, 4.69) is 0 Å². The van der Waals surface area contributed by atoms with Crippen molar-refractivity contribution in [3.05, 3.63) is 0 Å². The molecule has 0 aromatic rings. The highest BCUT2D eigenvalue weighted by atomic mass is 16.6. The molecule has 114 valence electrons. The number of piperidine rings is 1. The van der Waals surface area contributed by atoms with E-state index >= 15 is 0 Å². The number of carbonyl (C=O) groups excluding carboxylic acids is 2. The average molecular weight is 284 g/mol. The summed E-state index contributed by atoms with van der Waals surface area (Å²) in [6.07, 6.45) is 1.44. The van der Waals surface area contributed by atoms with E-state index in [0.717, 1.165) is 0 Å². The van der Waals surface area contributed by atoms with Gasteiger partial charge in [0.1, 0.15) is 11.7 Å². The van der Waals surface area contributed by atoms with Crippen molar-refractivity contribution in [2.45, 2.75) is 51.7 Å². The van der Waals surface area contributed by atoms with E-state index in [1.807, 2.05) is 20.8 Å². The van der Waals surface area contributed by atoms with Crippen LogP contribution in [-0.2, 0) is 14.3 Å². The Morgan fingerprint density at radius 3 is 2.50 bits per heavy atom. The monoisotopic (exact) mass is 284 g/mol. The van der Waals surface area contributed by atoms with Gasteiger partial charge in [-0.2, -0.15) is 0 Å². The van der Waals surface area contributed by atoms with E-state index < -0.39 is 11.0 Å². The fourth-order valence-corrected chi connectivity index (χ4v) is 2.82. The third-order valence-corrected chi connectivity index (χ3v) is 3.96. The quantitative estimate of drug-likeness (QED) is 0.733. The molecule has 2 aliphatic rings. The SMILES string of the molecule is CC(C)(C)OC(=O)N1CCC2(CC1)CC(CN)OC2=O. The lowest BCUT2D eigenvalue weighted by Crippen LogP contribution is -2.46. The number of cyclic esters (lactones) is 1. The summed E-state index contributed by atoms with van der Waals surface area (Å²) in [6.45, 7) is 6.95. The van der Waals surface area contributed by atoms with Gasteiger partial charge in [-0.15, -0.1) is 0 Å². The second-order valence-corrected chi connectivity index (χ2v) is 6.71.